The van der Waals surface area contributed by atoms with Crippen LogP contribution in [0.15, 0.2) is 18.2 Å². The average Bonchev–Trinajstić information content (AvgIpc) is 2.72. The zero-order chi connectivity index (χ0) is 14.9. The molecule has 4 nitrogen and oxygen atoms in total. The smallest absolute Gasteiger partial charge is 0.151 e. The normalized spacial score (nSPS) is 21.2. The summed E-state index contributed by atoms with van der Waals surface area (Å²) in [5.41, 5.74) is 6.17. The molecule has 20 heavy (non-hydrogen) atoms. The number of rotatable bonds is 4. The van der Waals surface area contributed by atoms with Crippen LogP contribution in [-0.2, 0) is 16.4 Å². The Morgan fingerprint density at radius 1 is 1.55 bits per heavy atom. The molecule has 1 unspecified atom stereocenters. The van der Waals surface area contributed by atoms with Crippen molar-refractivity contribution in [1.29, 1.82) is 0 Å². The number of sulfone groups is 1. The van der Waals surface area contributed by atoms with E-state index < -0.39 is 15.7 Å². The molecule has 1 aromatic carbocycles. The highest BCUT2D eigenvalue weighted by molar-refractivity contribution is 7.91. The van der Waals surface area contributed by atoms with Crippen molar-refractivity contribution in [1.82, 2.24) is 4.90 Å². The van der Waals surface area contributed by atoms with Gasteiger partial charge in [0.2, 0.25) is 0 Å². The van der Waals surface area contributed by atoms with Gasteiger partial charge in [-0.25, -0.2) is 12.8 Å². The van der Waals surface area contributed by atoms with Gasteiger partial charge in [-0.1, -0.05) is 24.4 Å². The lowest BCUT2D eigenvalue weighted by Crippen LogP contribution is -2.32. The van der Waals surface area contributed by atoms with Crippen LogP contribution in [0.25, 0.3) is 0 Å². The summed E-state index contributed by atoms with van der Waals surface area (Å²) >= 11 is 4.80. The minimum atomic E-state index is -2.94. The lowest BCUT2D eigenvalue weighted by molar-refractivity contribution is 0.250. The van der Waals surface area contributed by atoms with Gasteiger partial charge in [-0.2, -0.15) is 0 Å². The van der Waals surface area contributed by atoms with E-state index >= 15 is 0 Å². The summed E-state index contributed by atoms with van der Waals surface area (Å²) in [6, 6.07) is 4.84. The molecule has 2 rings (SSSR count). The van der Waals surface area contributed by atoms with Crippen molar-refractivity contribution in [2.75, 3.05) is 18.6 Å². The SMILES string of the molecule is CN(Cc1cccc(C(N)=S)c1F)C1CCS(=O)(=O)C1. The molecule has 7 heteroatoms. The Bertz CT molecular complexity index is 631. The first-order valence-corrected chi connectivity index (χ1v) is 8.51. The number of benzene rings is 1. The van der Waals surface area contributed by atoms with Crippen LogP contribution >= 0.6 is 12.2 Å². The van der Waals surface area contributed by atoms with Gasteiger partial charge in [0, 0.05) is 23.7 Å². The Labute approximate surface area is 123 Å². The van der Waals surface area contributed by atoms with E-state index in [0.29, 0.717) is 18.5 Å². The first-order chi connectivity index (χ1) is 9.30. The number of nitrogens with zero attached hydrogens (tertiary/aromatic N) is 1. The molecule has 0 amide bonds. The molecular formula is C13H17FN2O2S2. The minimum absolute atomic E-state index is 0.0236. The first-order valence-electron chi connectivity index (χ1n) is 6.28. The molecule has 1 saturated heterocycles. The summed E-state index contributed by atoms with van der Waals surface area (Å²) in [4.78, 5) is 1.89. The second kappa shape index (κ2) is 5.75. The number of thiocarbonyl (C=S) groups is 1. The fourth-order valence-corrected chi connectivity index (χ4v) is 4.38. The van der Waals surface area contributed by atoms with Crippen LogP contribution in [0.1, 0.15) is 17.5 Å². The fraction of sp³-hybridized carbons (Fsp3) is 0.462. The predicted molar refractivity (Wildman–Crippen MR) is 80.8 cm³/mol. The molecule has 1 aliphatic heterocycles. The van der Waals surface area contributed by atoms with E-state index in [1.807, 2.05) is 4.90 Å². The molecule has 0 radical (unpaired) electrons. The Morgan fingerprint density at radius 3 is 2.80 bits per heavy atom. The molecule has 0 bridgehead atoms. The van der Waals surface area contributed by atoms with E-state index in [-0.39, 0.29) is 28.1 Å². The molecule has 0 aromatic heterocycles. The molecule has 1 atom stereocenters. The van der Waals surface area contributed by atoms with Crippen molar-refractivity contribution in [2.24, 2.45) is 5.73 Å². The van der Waals surface area contributed by atoms with Gasteiger partial charge < -0.3 is 5.73 Å². The third-order valence-electron chi connectivity index (χ3n) is 3.60. The monoisotopic (exact) mass is 316 g/mol. The zero-order valence-corrected chi connectivity index (χ0v) is 12.8. The van der Waals surface area contributed by atoms with E-state index in [9.17, 15) is 12.8 Å². The van der Waals surface area contributed by atoms with Crippen molar-refractivity contribution in [2.45, 2.75) is 19.0 Å². The maximum absolute atomic E-state index is 14.2. The van der Waals surface area contributed by atoms with Gasteiger partial charge in [0.1, 0.15) is 10.8 Å². The topological polar surface area (TPSA) is 63.4 Å². The highest BCUT2D eigenvalue weighted by Crippen LogP contribution is 2.20. The molecule has 2 N–H and O–H groups in total. The van der Waals surface area contributed by atoms with Crippen LogP contribution in [0.5, 0.6) is 0 Å². The van der Waals surface area contributed by atoms with Crippen LogP contribution in [0, 0.1) is 5.82 Å². The van der Waals surface area contributed by atoms with Crippen molar-refractivity contribution in [3.05, 3.63) is 35.1 Å². The van der Waals surface area contributed by atoms with Crippen LogP contribution in [-0.4, -0.2) is 42.9 Å². The summed E-state index contributed by atoms with van der Waals surface area (Å²) in [5.74, 6) is -0.0787. The summed E-state index contributed by atoms with van der Waals surface area (Å²) in [6.45, 7) is 0.336. The summed E-state index contributed by atoms with van der Waals surface area (Å²) in [6.07, 6.45) is 0.593. The van der Waals surface area contributed by atoms with E-state index in [4.69, 9.17) is 18.0 Å². The Balaban J connectivity index is 2.14. The molecule has 0 spiro atoms. The molecule has 1 aromatic rings. The van der Waals surface area contributed by atoms with Gasteiger partial charge in [0.25, 0.3) is 0 Å². The Kier molecular flexibility index (Phi) is 4.41. The lowest BCUT2D eigenvalue weighted by atomic mass is 10.1. The quantitative estimate of drug-likeness (QED) is 0.842. The molecular weight excluding hydrogens is 299 g/mol. The first kappa shape index (κ1) is 15.3. The summed E-state index contributed by atoms with van der Waals surface area (Å²) in [7, 11) is -1.14. The van der Waals surface area contributed by atoms with Crippen LogP contribution < -0.4 is 5.73 Å². The van der Waals surface area contributed by atoms with Gasteiger partial charge in [-0.3, -0.25) is 4.90 Å². The number of hydrogen-bond donors (Lipinski definition) is 1. The highest BCUT2D eigenvalue weighted by atomic mass is 32.2. The Morgan fingerprint density at radius 2 is 2.25 bits per heavy atom. The maximum Gasteiger partial charge on any atom is 0.151 e. The Hall–Kier alpha value is -1.05. The molecule has 1 aliphatic rings. The van der Waals surface area contributed by atoms with Crippen molar-refractivity contribution < 1.29 is 12.8 Å². The largest absolute Gasteiger partial charge is 0.389 e. The minimum Gasteiger partial charge on any atom is -0.389 e. The molecule has 1 heterocycles. The van der Waals surface area contributed by atoms with Crippen LogP contribution in [0.4, 0.5) is 4.39 Å². The van der Waals surface area contributed by atoms with Gasteiger partial charge in [0.15, 0.2) is 9.84 Å². The van der Waals surface area contributed by atoms with E-state index in [1.165, 1.54) is 0 Å². The van der Waals surface area contributed by atoms with Crippen molar-refractivity contribution in [3.8, 4) is 0 Å². The van der Waals surface area contributed by atoms with Gasteiger partial charge in [-0.15, -0.1) is 0 Å². The molecule has 0 aliphatic carbocycles. The average molecular weight is 316 g/mol. The second-order valence-corrected chi connectivity index (χ2v) is 7.78. The number of hydrogen-bond acceptors (Lipinski definition) is 4. The maximum atomic E-state index is 14.2. The third kappa shape index (κ3) is 3.34. The summed E-state index contributed by atoms with van der Waals surface area (Å²) < 4.78 is 37.2. The lowest BCUT2D eigenvalue weighted by Gasteiger charge is -2.23. The molecule has 1 fully saturated rings. The molecule has 110 valence electrons. The van der Waals surface area contributed by atoms with Gasteiger partial charge in [0.05, 0.1) is 11.5 Å². The third-order valence-corrected chi connectivity index (χ3v) is 5.57. The van der Waals surface area contributed by atoms with Gasteiger partial charge in [-0.05, 0) is 19.5 Å². The van der Waals surface area contributed by atoms with Crippen molar-refractivity contribution >= 4 is 27.0 Å². The predicted octanol–water partition coefficient (Wildman–Crippen LogP) is 1.08. The molecule has 0 saturated carbocycles. The van der Waals surface area contributed by atoms with E-state index in [0.717, 1.165) is 0 Å². The fourth-order valence-electron chi connectivity index (χ4n) is 2.41. The summed E-state index contributed by atoms with van der Waals surface area (Å²) in [5, 5.41) is 0. The standard InChI is InChI=1S/C13H17FN2O2S2/c1-16(10-5-6-20(17,18)8-10)7-9-3-2-4-11(12(9)14)13(15)19/h2-4,10H,5-8H2,1H3,(H2,15,19). The second-order valence-electron chi connectivity index (χ2n) is 5.11. The zero-order valence-electron chi connectivity index (χ0n) is 11.2. The number of nitrogens with two attached hydrogens (primary N) is 1. The van der Waals surface area contributed by atoms with E-state index in [2.05, 4.69) is 0 Å². The van der Waals surface area contributed by atoms with Crippen molar-refractivity contribution in [3.63, 3.8) is 0 Å². The van der Waals surface area contributed by atoms with Crippen LogP contribution in [0.3, 0.4) is 0 Å². The van der Waals surface area contributed by atoms with E-state index in [1.54, 1.807) is 25.2 Å². The number of halogens is 1. The van der Waals surface area contributed by atoms with Crippen LogP contribution in [0.2, 0.25) is 0 Å². The highest BCUT2D eigenvalue weighted by Gasteiger charge is 2.30. The van der Waals surface area contributed by atoms with Gasteiger partial charge >= 0.3 is 0 Å².